The summed E-state index contributed by atoms with van der Waals surface area (Å²) in [5.74, 6) is 0.463. The molecule has 1 saturated heterocycles. The SMILES string of the molecule is C[C@@H]1C(=O)[C@H](C)[C@H](c2cccs2)N[C@@H]1c1cccs1. The van der Waals surface area contributed by atoms with Crippen LogP contribution in [0.3, 0.4) is 0 Å². The minimum Gasteiger partial charge on any atom is -0.300 e. The second kappa shape index (κ2) is 5.19. The molecule has 4 heteroatoms. The van der Waals surface area contributed by atoms with Gasteiger partial charge in [-0.25, -0.2) is 0 Å². The van der Waals surface area contributed by atoms with Crippen LogP contribution in [0.5, 0.6) is 0 Å². The van der Waals surface area contributed by atoms with Gasteiger partial charge in [0, 0.05) is 21.6 Å². The summed E-state index contributed by atoms with van der Waals surface area (Å²) < 4.78 is 0. The lowest BCUT2D eigenvalue weighted by Crippen LogP contribution is -2.45. The molecular weight excluding hydrogens is 274 g/mol. The molecule has 0 aliphatic carbocycles. The predicted molar refractivity (Wildman–Crippen MR) is 80.6 cm³/mol. The monoisotopic (exact) mass is 291 g/mol. The van der Waals surface area contributed by atoms with Gasteiger partial charge in [-0.1, -0.05) is 26.0 Å². The van der Waals surface area contributed by atoms with Crippen molar-refractivity contribution in [1.29, 1.82) is 0 Å². The van der Waals surface area contributed by atoms with Crippen molar-refractivity contribution in [2.24, 2.45) is 11.8 Å². The molecule has 3 rings (SSSR count). The molecular formula is C15H17NOS2. The van der Waals surface area contributed by atoms with Crippen molar-refractivity contribution in [2.45, 2.75) is 25.9 Å². The molecule has 2 aromatic heterocycles. The van der Waals surface area contributed by atoms with E-state index in [2.05, 4.69) is 40.3 Å². The maximum Gasteiger partial charge on any atom is 0.142 e. The summed E-state index contributed by atoms with van der Waals surface area (Å²) in [7, 11) is 0. The summed E-state index contributed by atoms with van der Waals surface area (Å²) in [4.78, 5) is 15.0. The highest BCUT2D eigenvalue weighted by Crippen LogP contribution is 2.40. The van der Waals surface area contributed by atoms with E-state index in [1.54, 1.807) is 22.7 Å². The quantitative estimate of drug-likeness (QED) is 0.905. The van der Waals surface area contributed by atoms with Crippen molar-refractivity contribution in [2.75, 3.05) is 0 Å². The van der Waals surface area contributed by atoms with E-state index >= 15 is 0 Å². The van der Waals surface area contributed by atoms with Gasteiger partial charge in [0.05, 0.1) is 12.1 Å². The summed E-state index contributed by atoms with van der Waals surface area (Å²) in [5.41, 5.74) is 0. The average molecular weight is 291 g/mol. The maximum atomic E-state index is 12.5. The molecule has 1 aliphatic rings. The third-order valence-electron chi connectivity index (χ3n) is 3.96. The van der Waals surface area contributed by atoms with E-state index < -0.39 is 0 Å². The molecule has 0 aromatic carbocycles. The Hall–Kier alpha value is -0.970. The molecule has 0 radical (unpaired) electrons. The zero-order chi connectivity index (χ0) is 13.4. The summed E-state index contributed by atoms with van der Waals surface area (Å²) in [6, 6.07) is 8.64. The smallest absolute Gasteiger partial charge is 0.142 e. The molecule has 0 spiro atoms. The van der Waals surface area contributed by atoms with Crippen LogP contribution >= 0.6 is 22.7 Å². The van der Waals surface area contributed by atoms with E-state index in [4.69, 9.17) is 0 Å². The lowest BCUT2D eigenvalue weighted by atomic mass is 9.79. The minimum atomic E-state index is 0.0462. The van der Waals surface area contributed by atoms with E-state index in [1.807, 2.05) is 13.8 Å². The van der Waals surface area contributed by atoms with E-state index in [1.165, 1.54) is 9.75 Å². The Kier molecular flexibility index (Phi) is 3.56. The van der Waals surface area contributed by atoms with Crippen LogP contribution in [0.2, 0.25) is 0 Å². The Morgan fingerprint density at radius 2 is 1.42 bits per heavy atom. The van der Waals surface area contributed by atoms with Crippen molar-refractivity contribution in [3.05, 3.63) is 44.8 Å². The number of piperidine rings is 1. The molecule has 1 N–H and O–H groups in total. The number of nitrogens with one attached hydrogen (secondary N) is 1. The van der Waals surface area contributed by atoms with Gasteiger partial charge >= 0.3 is 0 Å². The molecule has 100 valence electrons. The molecule has 4 atom stereocenters. The van der Waals surface area contributed by atoms with Gasteiger partial charge in [-0.15, -0.1) is 22.7 Å². The Bertz CT molecular complexity index is 498. The number of hydrogen-bond donors (Lipinski definition) is 1. The number of carbonyl (C=O) groups is 1. The van der Waals surface area contributed by atoms with Crippen LogP contribution in [0.25, 0.3) is 0 Å². The van der Waals surface area contributed by atoms with Gasteiger partial charge in [0.15, 0.2) is 0 Å². The Labute approximate surface area is 121 Å². The molecule has 3 heterocycles. The molecule has 0 bridgehead atoms. The maximum absolute atomic E-state index is 12.5. The summed E-state index contributed by atoms with van der Waals surface area (Å²) >= 11 is 3.45. The van der Waals surface area contributed by atoms with Crippen molar-refractivity contribution in [3.8, 4) is 0 Å². The van der Waals surface area contributed by atoms with Crippen LogP contribution in [-0.2, 0) is 4.79 Å². The average Bonchev–Trinajstić information content (AvgIpc) is 3.08. The summed E-state index contributed by atoms with van der Waals surface area (Å²) in [6.07, 6.45) is 0. The topological polar surface area (TPSA) is 29.1 Å². The highest BCUT2D eigenvalue weighted by atomic mass is 32.1. The fraction of sp³-hybridized carbons (Fsp3) is 0.400. The van der Waals surface area contributed by atoms with Crippen molar-refractivity contribution < 1.29 is 4.79 Å². The summed E-state index contributed by atoms with van der Waals surface area (Å²) in [6.45, 7) is 4.09. The first-order valence-electron chi connectivity index (χ1n) is 6.55. The largest absolute Gasteiger partial charge is 0.300 e. The van der Waals surface area contributed by atoms with Crippen LogP contribution < -0.4 is 5.32 Å². The highest BCUT2D eigenvalue weighted by molar-refractivity contribution is 7.10. The Morgan fingerprint density at radius 1 is 0.947 bits per heavy atom. The standard InChI is InChI=1S/C15H17NOS2/c1-9-13(11-5-3-7-18-11)16-14(10(2)15(9)17)12-6-4-8-19-12/h3-10,13-14,16H,1-2H3/t9-,10+,13-,14+. The van der Waals surface area contributed by atoms with Crippen LogP contribution in [0.15, 0.2) is 35.0 Å². The van der Waals surface area contributed by atoms with Crippen molar-refractivity contribution in [3.63, 3.8) is 0 Å². The van der Waals surface area contributed by atoms with Gasteiger partial charge in [0.25, 0.3) is 0 Å². The highest BCUT2D eigenvalue weighted by Gasteiger charge is 2.40. The zero-order valence-corrected chi connectivity index (χ0v) is 12.6. The number of Topliss-reactive ketones (excluding diaryl/α,β-unsaturated/α-hetero) is 1. The van der Waals surface area contributed by atoms with Crippen molar-refractivity contribution >= 4 is 28.5 Å². The second-order valence-corrected chi connectivity index (χ2v) is 7.09. The number of hydrogen-bond acceptors (Lipinski definition) is 4. The number of carbonyl (C=O) groups excluding carboxylic acids is 1. The normalized spacial score (nSPS) is 31.6. The van der Waals surface area contributed by atoms with Gasteiger partial charge in [-0.05, 0) is 22.9 Å². The minimum absolute atomic E-state index is 0.0462. The first-order valence-corrected chi connectivity index (χ1v) is 8.31. The van der Waals surface area contributed by atoms with Crippen LogP contribution in [0.1, 0.15) is 35.7 Å². The first-order chi connectivity index (χ1) is 9.18. The van der Waals surface area contributed by atoms with Gasteiger partial charge in [0.2, 0.25) is 0 Å². The molecule has 0 saturated carbocycles. The number of rotatable bonds is 2. The molecule has 2 nitrogen and oxygen atoms in total. The molecule has 1 aliphatic heterocycles. The van der Waals surface area contributed by atoms with E-state index in [0.717, 1.165) is 0 Å². The third kappa shape index (κ3) is 2.29. The number of thiophene rings is 2. The lowest BCUT2D eigenvalue weighted by molar-refractivity contribution is -0.130. The molecule has 2 aromatic rings. The number of ketones is 1. The van der Waals surface area contributed by atoms with Crippen LogP contribution in [0, 0.1) is 11.8 Å². The molecule has 1 fully saturated rings. The molecule has 19 heavy (non-hydrogen) atoms. The Morgan fingerprint density at radius 3 is 1.79 bits per heavy atom. The van der Waals surface area contributed by atoms with Crippen molar-refractivity contribution in [1.82, 2.24) is 5.32 Å². The zero-order valence-electron chi connectivity index (χ0n) is 11.0. The van der Waals surface area contributed by atoms with E-state index in [-0.39, 0.29) is 23.9 Å². The Balaban J connectivity index is 1.93. The molecule has 0 amide bonds. The molecule has 0 unspecified atom stereocenters. The van der Waals surface area contributed by atoms with E-state index in [9.17, 15) is 4.79 Å². The van der Waals surface area contributed by atoms with Gasteiger partial charge in [0.1, 0.15) is 5.78 Å². The predicted octanol–water partition coefficient (Wildman–Crippen LogP) is 4.04. The first kappa shape index (κ1) is 13.0. The van der Waals surface area contributed by atoms with Gasteiger partial charge in [-0.2, -0.15) is 0 Å². The third-order valence-corrected chi connectivity index (χ3v) is 5.87. The van der Waals surface area contributed by atoms with Gasteiger partial charge in [-0.3, -0.25) is 4.79 Å². The second-order valence-electron chi connectivity index (χ2n) is 5.13. The fourth-order valence-electron chi connectivity index (χ4n) is 2.82. The van der Waals surface area contributed by atoms with E-state index in [0.29, 0.717) is 5.78 Å². The summed E-state index contributed by atoms with van der Waals surface area (Å²) in [5, 5.41) is 7.84. The van der Waals surface area contributed by atoms with Crippen LogP contribution in [0.4, 0.5) is 0 Å². The lowest BCUT2D eigenvalue weighted by Gasteiger charge is -2.38. The fourth-order valence-corrected chi connectivity index (χ4v) is 4.60. The van der Waals surface area contributed by atoms with Gasteiger partial charge < -0.3 is 5.32 Å². The van der Waals surface area contributed by atoms with Crippen LogP contribution in [-0.4, -0.2) is 5.78 Å².